The monoisotopic (exact) mass is 429 g/mol. The van der Waals surface area contributed by atoms with Crippen molar-refractivity contribution in [1.82, 2.24) is 10.2 Å². The molecule has 1 saturated carbocycles. The number of nitrogens with zero attached hydrogens (tertiary/aromatic N) is 2. The molecule has 1 saturated heterocycles. The molecule has 1 atom stereocenters. The molecule has 8 heteroatoms. The van der Waals surface area contributed by atoms with Crippen LogP contribution in [0, 0.1) is 12.8 Å². The first kappa shape index (κ1) is 20.9. The molecule has 30 heavy (non-hydrogen) atoms. The third-order valence-corrected chi connectivity index (χ3v) is 8.13. The molecule has 0 bridgehead atoms. The molecule has 7 nitrogen and oxygen atoms in total. The van der Waals surface area contributed by atoms with E-state index >= 15 is 0 Å². The first-order valence-electron chi connectivity index (χ1n) is 10.5. The molecule has 1 aromatic carbocycles. The molecule has 0 spiro atoms. The van der Waals surface area contributed by atoms with Gasteiger partial charge in [0.05, 0.1) is 21.8 Å². The van der Waals surface area contributed by atoms with Crippen LogP contribution in [0.15, 0.2) is 41.3 Å². The van der Waals surface area contributed by atoms with E-state index in [0.717, 1.165) is 36.9 Å². The minimum atomic E-state index is -3.24. The number of benzene rings is 1. The van der Waals surface area contributed by atoms with Crippen molar-refractivity contribution < 1.29 is 17.9 Å². The van der Waals surface area contributed by atoms with Gasteiger partial charge < -0.3 is 10.1 Å². The molecule has 2 fully saturated rings. The third-order valence-electron chi connectivity index (χ3n) is 5.85. The number of amides is 1. The van der Waals surface area contributed by atoms with E-state index in [4.69, 9.17) is 4.74 Å². The SMILES string of the molecule is Cc1ccc(NC(=O)[C@H](CC2CCOCC2)c2ccc(S(=O)(=O)C3CC3)cc2)nn1. The summed E-state index contributed by atoms with van der Waals surface area (Å²) < 4.78 is 30.4. The normalized spacial score (nSPS) is 18.7. The fourth-order valence-corrected chi connectivity index (χ4v) is 5.51. The van der Waals surface area contributed by atoms with Gasteiger partial charge in [0.2, 0.25) is 5.91 Å². The summed E-state index contributed by atoms with van der Waals surface area (Å²) in [6.45, 7) is 3.26. The van der Waals surface area contributed by atoms with E-state index < -0.39 is 15.8 Å². The Morgan fingerprint density at radius 3 is 2.37 bits per heavy atom. The van der Waals surface area contributed by atoms with Crippen molar-refractivity contribution in [3.05, 3.63) is 47.7 Å². The Hall–Kier alpha value is -2.32. The Labute approximate surface area is 177 Å². The smallest absolute Gasteiger partial charge is 0.233 e. The van der Waals surface area contributed by atoms with Crippen molar-refractivity contribution in [2.75, 3.05) is 18.5 Å². The van der Waals surface area contributed by atoms with Gasteiger partial charge in [-0.3, -0.25) is 4.79 Å². The van der Waals surface area contributed by atoms with E-state index in [9.17, 15) is 13.2 Å². The molecule has 2 aromatic rings. The van der Waals surface area contributed by atoms with Crippen molar-refractivity contribution in [2.45, 2.75) is 55.1 Å². The summed E-state index contributed by atoms with van der Waals surface area (Å²) >= 11 is 0. The number of anilines is 1. The highest BCUT2D eigenvalue weighted by Gasteiger charge is 2.37. The minimum Gasteiger partial charge on any atom is -0.381 e. The van der Waals surface area contributed by atoms with Crippen LogP contribution >= 0.6 is 0 Å². The number of aryl methyl sites for hydroxylation is 1. The van der Waals surface area contributed by atoms with Crippen LogP contribution in [-0.2, 0) is 19.4 Å². The number of carbonyl (C=O) groups excluding carboxylic acids is 1. The Morgan fingerprint density at radius 2 is 1.77 bits per heavy atom. The lowest BCUT2D eigenvalue weighted by atomic mass is 9.84. The summed E-state index contributed by atoms with van der Waals surface area (Å²) in [7, 11) is -3.24. The van der Waals surface area contributed by atoms with Crippen molar-refractivity contribution in [3.8, 4) is 0 Å². The van der Waals surface area contributed by atoms with Gasteiger partial charge in [0.25, 0.3) is 0 Å². The topological polar surface area (TPSA) is 98.2 Å². The van der Waals surface area contributed by atoms with Crippen LogP contribution in [0.3, 0.4) is 0 Å². The standard InChI is InChI=1S/C22H27N3O4S/c1-15-2-9-21(25-24-15)23-22(26)20(14-16-10-12-29-13-11-16)17-3-5-18(6-4-17)30(27,28)19-7-8-19/h2-6,9,16,19-20H,7-8,10-14H2,1H3,(H,23,25,26)/t20-/m1/s1. The van der Waals surface area contributed by atoms with Crippen LogP contribution in [0.25, 0.3) is 0 Å². The van der Waals surface area contributed by atoms with Gasteiger partial charge in [0, 0.05) is 13.2 Å². The van der Waals surface area contributed by atoms with Gasteiger partial charge in [-0.1, -0.05) is 12.1 Å². The largest absolute Gasteiger partial charge is 0.381 e. The number of hydrogen-bond donors (Lipinski definition) is 1. The van der Waals surface area contributed by atoms with Crippen LogP contribution in [0.1, 0.15) is 49.3 Å². The van der Waals surface area contributed by atoms with Crippen LogP contribution in [0.4, 0.5) is 5.82 Å². The Kier molecular flexibility index (Phi) is 6.15. The van der Waals surface area contributed by atoms with Crippen molar-refractivity contribution >= 4 is 21.6 Å². The van der Waals surface area contributed by atoms with Crippen LogP contribution in [0.5, 0.6) is 0 Å². The fraction of sp³-hybridized carbons (Fsp3) is 0.500. The number of aromatic nitrogens is 2. The quantitative estimate of drug-likeness (QED) is 0.725. The van der Waals surface area contributed by atoms with Gasteiger partial charge in [0.1, 0.15) is 0 Å². The second-order valence-corrected chi connectivity index (χ2v) is 10.4. The zero-order valence-electron chi connectivity index (χ0n) is 17.1. The number of sulfone groups is 1. The Morgan fingerprint density at radius 1 is 1.07 bits per heavy atom. The number of hydrogen-bond acceptors (Lipinski definition) is 6. The van der Waals surface area contributed by atoms with E-state index in [1.165, 1.54) is 0 Å². The summed E-state index contributed by atoms with van der Waals surface area (Å²) in [5.41, 5.74) is 1.59. The molecule has 4 rings (SSSR count). The van der Waals surface area contributed by atoms with Gasteiger partial charge in [0.15, 0.2) is 15.7 Å². The first-order valence-corrected chi connectivity index (χ1v) is 12.0. The predicted molar refractivity (Wildman–Crippen MR) is 113 cm³/mol. The molecular formula is C22H27N3O4S. The lowest BCUT2D eigenvalue weighted by Crippen LogP contribution is -2.26. The van der Waals surface area contributed by atoms with E-state index in [0.29, 0.717) is 36.3 Å². The number of ether oxygens (including phenoxy) is 1. The van der Waals surface area contributed by atoms with Crippen molar-refractivity contribution in [1.29, 1.82) is 0 Å². The van der Waals surface area contributed by atoms with Gasteiger partial charge in [-0.25, -0.2) is 8.42 Å². The maximum absolute atomic E-state index is 13.1. The van der Waals surface area contributed by atoms with Crippen LogP contribution < -0.4 is 5.32 Å². The summed E-state index contributed by atoms with van der Waals surface area (Å²) in [5, 5.41) is 10.6. The molecule has 1 amide bonds. The molecule has 1 aromatic heterocycles. The maximum atomic E-state index is 13.1. The lowest BCUT2D eigenvalue weighted by molar-refractivity contribution is -0.118. The third kappa shape index (κ3) is 4.87. The molecule has 0 unspecified atom stereocenters. The van der Waals surface area contributed by atoms with Crippen LogP contribution in [-0.4, -0.2) is 43.0 Å². The Balaban J connectivity index is 1.55. The molecule has 1 aliphatic carbocycles. The van der Waals surface area contributed by atoms with Gasteiger partial charge in [-0.05, 0) is 74.8 Å². The number of nitrogens with one attached hydrogen (secondary N) is 1. The zero-order chi connectivity index (χ0) is 21.1. The summed E-state index contributed by atoms with van der Waals surface area (Å²) in [6.07, 6.45) is 3.99. The zero-order valence-corrected chi connectivity index (χ0v) is 17.9. The average Bonchev–Trinajstić information content (AvgIpc) is 3.61. The van der Waals surface area contributed by atoms with Crippen molar-refractivity contribution in [2.24, 2.45) is 5.92 Å². The van der Waals surface area contributed by atoms with E-state index in [1.807, 2.05) is 6.92 Å². The second kappa shape index (κ2) is 8.81. The molecule has 160 valence electrons. The highest BCUT2D eigenvalue weighted by Crippen LogP contribution is 2.35. The van der Waals surface area contributed by atoms with E-state index in [2.05, 4.69) is 15.5 Å². The van der Waals surface area contributed by atoms with Gasteiger partial charge in [-0.2, -0.15) is 5.10 Å². The van der Waals surface area contributed by atoms with Crippen molar-refractivity contribution in [3.63, 3.8) is 0 Å². The minimum absolute atomic E-state index is 0.155. The van der Waals surface area contributed by atoms with E-state index in [-0.39, 0.29) is 11.2 Å². The maximum Gasteiger partial charge on any atom is 0.233 e. The number of carbonyl (C=O) groups is 1. The first-order chi connectivity index (χ1) is 14.4. The van der Waals surface area contributed by atoms with Gasteiger partial charge in [-0.15, -0.1) is 5.10 Å². The summed E-state index contributed by atoms with van der Waals surface area (Å²) in [6, 6.07) is 10.4. The molecule has 2 aliphatic rings. The molecule has 2 heterocycles. The van der Waals surface area contributed by atoms with E-state index in [1.54, 1.807) is 36.4 Å². The average molecular weight is 430 g/mol. The highest BCUT2D eigenvalue weighted by atomic mass is 32.2. The second-order valence-electron chi connectivity index (χ2n) is 8.21. The fourth-order valence-electron chi connectivity index (χ4n) is 3.85. The molecular weight excluding hydrogens is 402 g/mol. The molecule has 0 radical (unpaired) electrons. The summed E-state index contributed by atoms with van der Waals surface area (Å²) in [4.78, 5) is 13.5. The Bertz CT molecular complexity index is 980. The highest BCUT2D eigenvalue weighted by molar-refractivity contribution is 7.92. The summed E-state index contributed by atoms with van der Waals surface area (Å²) in [5.74, 6) is 0.246. The predicted octanol–water partition coefficient (Wildman–Crippen LogP) is 3.26. The lowest BCUT2D eigenvalue weighted by Gasteiger charge is -2.26. The van der Waals surface area contributed by atoms with Gasteiger partial charge >= 0.3 is 0 Å². The molecule has 1 N–H and O–H groups in total. The van der Waals surface area contributed by atoms with Crippen LogP contribution in [0.2, 0.25) is 0 Å². The molecule has 1 aliphatic heterocycles. The number of rotatable bonds is 7.